The summed E-state index contributed by atoms with van der Waals surface area (Å²) in [5.41, 5.74) is 7.80. The Balaban J connectivity index is 2.31. The van der Waals surface area contributed by atoms with Crippen LogP contribution in [0.25, 0.3) is 22.2 Å². The normalized spacial score (nSPS) is 11.1. The Morgan fingerprint density at radius 2 is 2.19 bits per heavy atom. The van der Waals surface area contributed by atoms with Crippen LogP contribution in [0.4, 0.5) is 5.88 Å². The molecule has 3 rings (SSSR count). The number of hydrogen-bond donors (Lipinski definition) is 1. The molecule has 3 aromatic rings. The van der Waals surface area contributed by atoms with Crippen molar-refractivity contribution in [3.63, 3.8) is 0 Å². The van der Waals surface area contributed by atoms with E-state index >= 15 is 0 Å². The van der Waals surface area contributed by atoms with E-state index in [2.05, 4.69) is 21.1 Å². The number of hydrogen-bond acceptors (Lipinski definition) is 4. The van der Waals surface area contributed by atoms with Gasteiger partial charge in [-0.25, -0.2) is 0 Å². The smallest absolute Gasteiger partial charge is 0.222 e. The van der Waals surface area contributed by atoms with Gasteiger partial charge in [0.1, 0.15) is 17.5 Å². The van der Waals surface area contributed by atoms with Crippen molar-refractivity contribution in [3.8, 4) is 11.3 Å². The lowest BCUT2D eigenvalue weighted by atomic mass is 10.1. The number of nitrogens with two attached hydrogens (primary N) is 1. The van der Waals surface area contributed by atoms with E-state index in [0.717, 1.165) is 21.0 Å². The van der Waals surface area contributed by atoms with E-state index in [-0.39, 0.29) is 5.88 Å². The zero-order chi connectivity index (χ0) is 11.1. The molecule has 0 aliphatic carbocycles. The van der Waals surface area contributed by atoms with Gasteiger partial charge in [0.2, 0.25) is 5.88 Å². The van der Waals surface area contributed by atoms with Crippen molar-refractivity contribution in [1.29, 1.82) is 0 Å². The van der Waals surface area contributed by atoms with Crippen LogP contribution in [0.3, 0.4) is 0 Å². The number of benzene rings is 1. The van der Waals surface area contributed by atoms with Gasteiger partial charge in [0.05, 0.1) is 4.47 Å². The van der Waals surface area contributed by atoms with E-state index in [1.807, 2.05) is 18.2 Å². The monoisotopic (exact) mass is 278 g/mol. The van der Waals surface area contributed by atoms with E-state index in [1.165, 1.54) is 0 Å². The van der Waals surface area contributed by atoms with E-state index in [0.29, 0.717) is 5.69 Å². The van der Waals surface area contributed by atoms with Gasteiger partial charge in [-0.15, -0.1) is 0 Å². The molecule has 0 saturated carbocycles. The van der Waals surface area contributed by atoms with Gasteiger partial charge in [0, 0.05) is 17.0 Å². The lowest BCUT2D eigenvalue weighted by Gasteiger charge is -1.96. The number of para-hydroxylation sites is 1. The number of rotatable bonds is 1. The van der Waals surface area contributed by atoms with Crippen LogP contribution in [-0.2, 0) is 0 Å². The van der Waals surface area contributed by atoms with E-state index in [4.69, 9.17) is 14.7 Å². The first-order valence-corrected chi connectivity index (χ1v) is 5.43. The molecule has 5 heteroatoms. The van der Waals surface area contributed by atoms with Crippen LogP contribution in [0, 0.1) is 0 Å². The summed E-state index contributed by atoms with van der Waals surface area (Å²) in [4.78, 5) is 0. The Hall–Kier alpha value is -1.75. The Morgan fingerprint density at radius 1 is 1.31 bits per heavy atom. The average Bonchev–Trinajstić information content (AvgIpc) is 2.86. The topological polar surface area (TPSA) is 65.2 Å². The van der Waals surface area contributed by atoms with Crippen molar-refractivity contribution >= 4 is 32.8 Å². The summed E-state index contributed by atoms with van der Waals surface area (Å²) in [5, 5.41) is 4.87. The van der Waals surface area contributed by atoms with Gasteiger partial charge in [-0.1, -0.05) is 11.2 Å². The van der Waals surface area contributed by atoms with Gasteiger partial charge in [-0.05, 0) is 28.1 Å². The van der Waals surface area contributed by atoms with Crippen LogP contribution in [0.5, 0.6) is 0 Å². The van der Waals surface area contributed by atoms with Crippen molar-refractivity contribution in [1.82, 2.24) is 5.16 Å². The highest BCUT2D eigenvalue weighted by Crippen LogP contribution is 2.33. The highest BCUT2D eigenvalue weighted by atomic mass is 79.9. The molecule has 2 N–H and O–H groups in total. The van der Waals surface area contributed by atoms with Gasteiger partial charge < -0.3 is 14.7 Å². The van der Waals surface area contributed by atoms with Gasteiger partial charge in [0.15, 0.2) is 0 Å². The minimum absolute atomic E-state index is 0.289. The fraction of sp³-hybridized carbons (Fsp3) is 0. The highest BCUT2D eigenvalue weighted by molar-refractivity contribution is 9.10. The molecule has 0 atom stereocenters. The molecular formula is C11H7BrN2O2. The molecule has 0 radical (unpaired) electrons. The number of nitrogen functional groups attached to an aromatic ring is 1. The lowest BCUT2D eigenvalue weighted by Crippen LogP contribution is -1.78. The standard InChI is InChI=1S/C11H7BrN2O2/c12-8-5-15-11-6(8)2-1-3-7(11)9-4-10(13)16-14-9/h1-5H,13H2. The van der Waals surface area contributed by atoms with Crippen LogP contribution >= 0.6 is 15.9 Å². The second-order valence-electron chi connectivity index (χ2n) is 3.38. The summed E-state index contributed by atoms with van der Waals surface area (Å²) in [5.74, 6) is 0.289. The molecule has 2 aromatic heterocycles. The van der Waals surface area contributed by atoms with Crippen molar-refractivity contribution in [2.75, 3.05) is 5.73 Å². The first-order chi connectivity index (χ1) is 7.75. The van der Waals surface area contributed by atoms with Gasteiger partial charge in [-0.3, -0.25) is 0 Å². The average molecular weight is 279 g/mol. The number of anilines is 1. The van der Waals surface area contributed by atoms with Crippen LogP contribution in [0.1, 0.15) is 0 Å². The molecule has 0 bridgehead atoms. The Morgan fingerprint density at radius 3 is 2.94 bits per heavy atom. The zero-order valence-corrected chi connectivity index (χ0v) is 9.69. The Labute approximate surface area is 99.1 Å². The molecular weight excluding hydrogens is 272 g/mol. The summed E-state index contributed by atoms with van der Waals surface area (Å²) in [7, 11) is 0. The predicted octanol–water partition coefficient (Wildman–Crippen LogP) is 3.43. The van der Waals surface area contributed by atoms with Crippen molar-refractivity contribution in [2.45, 2.75) is 0 Å². The SMILES string of the molecule is Nc1cc(-c2cccc3c(Br)coc23)no1. The summed E-state index contributed by atoms with van der Waals surface area (Å²) in [6.07, 6.45) is 1.65. The second-order valence-corrected chi connectivity index (χ2v) is 4.23. The Bertz CT molecular complexity index is 657. The molecule has 0 amide bonds. The summed E-state index contributed by atoms with van der Waals surface area (Å²) in [6.45, 7) is 0. The molecule has 0 unspecified atom stereocenters. The molecule has 0 saturated heterocycles. The summed E-state index contributed by atoms with van der Waals surface area (Å²) < 4.78 is 11.2. The van der Waals surface area contributed by atoms with Gasteiger partial charge in [-0.2, -0.15) is 0 Å². The van der Waals surface area contributed by atoms with Crippen LogP contribution in [0.15, 0.2) is 43.9 Å². The van der Waals surface area contributed by atoms with E-state index in [9.17, 15) is 0 Å². The number of aromatic nitrogens is 1. The lowest BCUT2D eigenvalue weighted by molar-refractivity contribution is 0.439. The third-order valence-electron chi connectivity index (χ3n) is 2.36. The largest absolute Gasteiger partial charge is 0.462 e. The first kappa shape index (κ1) is 9.47. The van der Waals surface area contributed by atoms with Crippen molar-refractivity contribution in [3.05, 3.63) is 35.0 Å². The minimum atomic E-state index is 0.289. The molecule has 1 aromatic carbocycles. The molecule has 80 valence electrons. The summed E-state index contributed by atoms with van der Waals surface area (Å²) in [6, 6.07) is 7.49. The van der Waals surface area contributed by atoms with Crippen LogP contribution in [0.2, 0.25) is 0 Å². The number of furan rings is 1. The molecule has 0 fully saturated rings. The van der Waals surface area contributed by atoms with Crippen molar-refractivity contribution < 1.29 is 8.94 Å². The fourth-order valence-electron chi connectivity index (χ4n) is 1.64. The molecule has 0 aliphatic heterocycles. The van der Waals surface area contributed by atoms with Gasteiger partial charge in [0.25, 0.3) is 0 Å². The van der Waals surface area contributed by atoms with Crippen LogP contribution < -0.4 is 5.73 Å². The predicted molar refractivity (Wildman–Crippen MR) is 63.8 cm³/mol. The molecule has 0 aliphatic rings. The van der Waals surface area contributed by atoms with E-state index in [1.54, 1.807) is 12.3 Å². The first-order valence-electron chi connectivity index (χ1n) is 4.64. The van der Waals surface area contributed by atoms with Crippen molar-refractivity contribution in [2.24, 2.45) is 0 Å². The number of fused-ring (bicyclic) bond motifs is 1. The maximum atomic E-state index is 5.50. The zero-order valence-electron chi connectivity index (χ0n) is 8.11. The molecule has 0 spiro atoms. The third kappa shape index (κ3) is 1.32. The maximum absolute atomic E-state index is 5.50. The fourth-order valence-corrected chi connectivity index (χ4v) is 2.05. The quantitative estimate of drug-likeness (QED) is 0.741. The third-order valence-corrected chi connectivity index (χ3v) is 2.97. The molecule has 16 heavy (non-hydrogen) atoms. The van der Waals surface area contributed by atoms with Crippen LogP contribution in [-0.4, -0.2) is 5.16 Å². The van der Waals surface area contributed by atoms with E-state index < -0.39 is 0 Å². The second kappa shape index (κ2) is 3.38. The maximum Gasteiger partial charge on any atom is 0.222 e. The Kier molecular flexibility index (Phi) is 2.00. The number of nitrogens with zero attached hydrogens (tertiary/aromatic N) is 1. The highest BCUT2D eigenvalue weighted by Gasteiger charge is 2.12. The minimum Gasteiger partial charge on any atom is -0.462 e. The number of halogens is 1. The molecule has 4 nitrogen and oxygen atoms in total. The summed E-state index contributed by atoms with van der Waals surface area (Å²) >= 11 is 3.42. The van der Waals surface area contributed by atoms with Gasteiger partial charge >= 0.3 is 0 Å². The molecule has 2 heterocycles.